The van der Waals surface area contributed by atoms with E-state index < -0.39 is 17.7 Å². The fraction of sp³-hybridized carbons (Fsp3) is 0.174. The maximum absolute atomic E-state index is 12.9. The molecule has 0 aliphatic carbocycles. The van der Waals surface area contributed by atoms with Crippen LogP contribution in [0.5, 0.6) is 11.5 Å². The lowest BCUT2D eigenvalue weighted by Crippen LogP contribution is -2.31. The second-order valence-electron chi connectivity index (χ2n) is 7.29. The number of amides is 1. The van der Waals surface area contributed by atoms with Crippen molar-refractivity contribution in [1.82, 2.24) is 14.5 Å². The van der Waals surface area contributed by atoms with Crippen molar-refractivity contribution < 1.29 is 24.9 Å². The largest absolute Gasteiger partial charge is 0.508 e. The summed E-state index contributed by atoms with van der Waals surface area (Å²) in [6.07, 6.45) is 5.70. The van der Waals surface area contributed by atoms with E-state index in [-0.39, 0.29) is 34.9 Å². The number of aliphatic hydroxyl groups is 1. The summed E-state index contributed by atoms with van der Waals surface area (Å²) in [4.78, 5) is 31.2. The summed E-state index contributed by atoms with van der Waals surface area (Å²) in [5, 5.41) is 30.6. The Labute approximate surface area is 178 Å². The van der Waals surface area contributed by atoms with Crippen molar-refractivity contribution in [2.75, 3.05) is 6.54 Å². The maximum Gasteiger partial charge on any atom is 0.295 e. The number of phenols is 2. The molecule has 1 fully saturated rings. The first-order valence-electron chi connectivity index (χ1n) is 9.78. The van der Waals surface area contributed by atoms with Crippen LogP contribution < -0.4 is 0 Å². The Hall–Kier alpha value is -4.07. The standard InChI is InChI=1S/C23H21N3O5/c27-17-6-1-4-15(12-17)20-19(21(29)16-5-2-7-18(28)13-16)22(30)23(31)26(20)10-3-9-25-11-8-24-14-25/h1-2,4-8,11-14,20,27-29H,3,9-10H2. The summed E-state index contributed by atoms with van der Waals surface area (Å²) in [7, 11) is 0. The minimum absolute atomic E-state index is 0.0149. The number of phenolic OH excluding ortho intramolecular Hbond substituents is 2. The van der Waals surface area contributed by atoms with Crippen molar-refractivity contribution in [2.24, 2.45) is 0 Å². The Morgan fingerprint density at radius 1 is 1.00 bits per heavy atom. The van der Waals surface area contributed by atoms with Crippen molar-refractivity contribution in [1.29, 1.82) is 0 Å². The Morgan fingerprint density at radius 3 is 2.42 bits per heavy atom. The highest BCUT2D eigenvalue weighted by Crippen LogP contribution is 2.40. The van der Waals surface area contributed by atoms with Gasteiger partial charge in [-0.3, -0.25) is 9.59 Å². The molecule has 1 atom stereocenters. The fourth-order valence-electron chi connectivity index (χ4n) is 3.80. The number of Topliss-reactive ketones (excluding diaryl/α,β-unsaturated/α-hetero) is 1. The first-order chi connectivity index (χ1) is 15.0. The average Bonchev–Trinajstić information content (AvgIpc) is 3.35. The number of carbonyl (C=O) groups is 2. The molecular weight excluding hydrogens is 398 g/mol. The van der Waals surface area contributed by atoms with Crippen LogP contribution in [0.2, 0.25) is 0 Å². The van der Waals surface area contributed by atoms with Crippen LogP contribution in [-0.2, 0) is 16.1 Å². The van der Waals surface area contributed by atoms with Gasteiger partial charge < -0.3 is 24.8 Å². The van der Waals surface area contributed by atoms with Crippen molar-refractivity contribution in [3.8, 4) is 11.5 Å². The van der Waals surface area contributed by atoms with E-state index in [9.17, 15) is 24.9 Å². The van der Waals surface area contributed by atoms with Gasteiger partial charge in [0.25, 0.3) is 11.7 Å². The van der Waals surface area contributed by atoms with Gasteiger partial charge in [0.2, 0.25) is 0 Å². The highest BCUT2D eigenvalue weighted by molar-refractivity contribution is 6.46. The summed E-state index contributed by atoms with van der Waals surface area (Å²) >= 11 is 0. The smallest absolute Gasteiger partial charge is 0.295 e. The lowest BCUT2D eigenvalue weighted by molar-refractivity contribution is -0.139. The van der Waals surface area contributed by atoms with Gasteiger partial charge in [0.15, 0.2) is 0 Å². The molecule has 1 amide bonds. The second-order valence-corrected chi connectivity index (χ2v) is 7.29. The number of hydrogen-bond acceptors (Lipinski definition) is 6. The van der Waals surface area contributed by atoms with Crippen LogP contribution in [0.3, 0.4) is 0 Å². The molecular formula is C23H21N3O5. The number of hydrogen-bond donors (Lipinski definition) is 3. The molecule has 158 valence electrons. The van der Waals surface area contributed by atoms with E-state index in [2.05, 4.69) is 4.98 Å². The van der Waals surface area contributed by atoms with E-state index in [0.29, 0.717) is 18.5 Å². The van der Waals surface area contributed by atoms with Crippen LogP contribution >= 0.6 is 0 Å². The van der Waals surface area contributed by atoms with E-state index in [1.807, 2.05) is 10.8 Å². The number of likely N-dealkylation sites (tertiary alicyclic amines) is 1. The van der Waals surface area contributed by atoms with Gasteiger partial charge in [0, 0.05) is 31.0 Å². The van der Waals surface area contributed by atoms with Crippen LogP contribution in [-0.4, -0.2) is 48.0 Å². The number of nitrogens with zero attached hydrogens (tertiary/aromatic N) is 3. The van der Waals surface area contributed by atoms with Crippen LogP contribution in [0.25, 0.3) is 5.76 Å². The summed E-state index contributed by atoms with van der Waals surface area (Å²) in [6, 6.07) is 11.2. The Balaban J connectivity index is 1.74. The highest BCUT2D eigenvalue weighted by Gasteiger charge is 2.45. The predicted octanol–water partition coefficient (Wildman–Crippen LogP) is 2.81. The molecule has 1 aliphatic rings. The monoisotopic (exact) mass is 419 g/mol. The molecule has 8 nitrogen and oxygen atoms in total. The lowest BCUT2D eigenvalue weighted by Gasteiger charge is -2.25. The number of imidazole rings is 1. The zero-order valence-corrected chi connectivity index (χ0v) is 16.5. The zero-order valence-electron chi connectivity index (χ0n) is 16.5. The molecule has 3 aromatic rings. The molecule has 0 saturated carbocycles. The molecule has 1 saturated heterocycles. The zero-order chi connectivity index (χ0) is 22.0. The van der Waals surface area contributed by atoms with Crippen LogP contribution in [0, 0.1) is 0 Å². The molecule has 0 spiro atoms. The third kappa shape index (κ3) is 4.00. The lowest BCUT2D eigenvalue weighted by atomic mass is 9.95. The van der Waals surface area contributed by atoms with Crippen molar-refractivity contribution in [3.63, 3.8) is 0 Å². The minimum Gasteiger partial charge on any atom is -0.508 e. The van der Waals surface area contributed by atoms with Crippen molar-refractivity contribution in [2.45, 2.75) is 19.0 Å². The second kappa shape index (κ2) is 8.35. The predicted molar refractivity (Wildman–Crippen MR) is 112 cm³/mol. The molecule has 2 aromatic carbocycles. The first-order valence-corrected chi connectivity index (χ1v) is 9.78. The molecule has 1 unspecified atom stereocenters. The van der Waals surface area contributed by atoms with Gasteiger partial charge in [0.05, 0.1) is 17.9 Å². The van der Waals surface area contributed by atoms with Crippen molar-refractivity contribution in [3.05, 3.63) is 84.0 Å². The van der Waals surface area contributed by atoms with Gasteiger partial charge in [-0.1, -0.05) is 24.3 Å². The molecule has 0 radical (unpaired) electrons. The first kappa shape index (κ1) is 20.2. The number of benzene rings is 2. The van der Waals surface area contributed by atoms with Gasteiger partial charge in [0.1, 0.15) is 17.3 Å². The molecule has 1 aromatic heterocycles. The number of aryl methyl sites for hydroxylation is 1. The van der Waals surface area contributed by atoms with E-state index >= 15 is 0 Å². The minimum atomic E-state index is -0.864. The van der Waals surface area contributed by atoms with E-state index in [1.165, 1.54) is 35.2 Å². The molecule has 8 heteroatoms. The molecule has 31 heavy (non-hydrogen) atoms. The Kier molecular flexibility index (Phi) is 5.44. The summed E-state index contributed by atoms with van der Waals surface area (Å²) < 4.78 is 1.87. The molecule has 1 aliphatic heterocycles. The summed E-state index contributed by atoms with van der Waals surface area (Å²) in [5.74, 6) is -2.00. The van der Waals surface area contributed by atoms with E-state index in [0.717, 1.165) is 0 Å². The number of ketones is 1. The number of rotatable bonds is 6. The van der Waals surface area contributed by atoms with Crippen LogP contribution in [0.4, 0.5) is 0 Å². The van der Waals surface area contributed by atoms with E-state index in [1.54, 1.807) is 30.7 Å². The van der Waals surface area contributed by atoms with Gasteiger partial charge in [-0.05, 0) is 36.2 Å². The fourth-order valence-corrected chi connectivity index (χ4v) is 3.80. The molecule has 4 rings (SSSR count). The number of aromatic nitrogens is 2. The Morgan fingerprint density at radius 2 is 1.74 bits per heavy atom. The summed E-state index contributed by atoms with van der Waals surface area (Å²) in [5.41, 5.74) is 0.647. The quantitative estimate of drug-likeness (QED) is 0.321. The average molecular weight is 419 g/mol. The SMILES string of the molecule is O=C1C(=O)N(CCCn2ccnc2)C(c2cccc(O)c2)C1=C(O)c1cccc(O)c1. The molecule has 0 bridgehead atoms. The maximum atomic E-state index is 12.9. The molecule has 2 heterocycles. The molecule has 3 N–H and O–H groups in total. The normalized spacial score (nSPS) is 17.9. The number of aromatic hydroxyl groups is 2. The van der Waals surface area contributed by atoms with Crippen LogP contribution in [0.15, 0.2) is 72.8 Å². The topological polar surface area (TPSA) is 116 Å². The van der Waals surface area contributed by atoms with Crippen LogP contribution in [0.1, 0.15) is 23.6 Å². The Bertz CT molecular complexity index is 1150. The number of aliphatic hydroxyl groups excluding tert-OH is 1. The summed E-state index contributed by atoms with van der Waals surface area (Å²) in [6.45, 7) is 0.863. The van der Waals surface area contributed by atoms with Gasteiger partial charge in [-0.25, -0.2) is 4.98 Å². The third-order valence-electron chi connectivity index (χ3n) is 5.22. The van der Waals surface area contributed by atoms with Gasteiger partial charge >= 0.3 is 0 Å². The third-order valence-corrected chi connectivity index (χ3v) is 5.22. The van der Waals surface area contributed by atoms with Gasteiger partial charge in [-0.2, -0.15) is 0 Å². The number of carbonyl (C=O) groups excluding carboxylic acids is 2. The van der Waals surface area contributed by atoms with Gasteiger partial charge in [-0.15, -0.1) is 0 Å². The van der Waals surface area contributed by atoms with Crippen molar-refractivity contribution >= 4 is 17.4 Å². The highest BCUT2D eigenvalue weighted by atomic mass is 16.3. The van der Waals surface area contributed by atoms with E-state index in [4.69, 9.17) is 0 Å².